The molecule has 19 heavy (non-hydrogen) atoms. The number of benzene rings is 1. The van der Waals surface area contributed by atoms with Crippen LogP contribution < -0.4 is 10.5 Å². The molecule has 0 heterocycles. The normalized spacial score (nSPS) is 10.2. The van der Waals surface area contributed by atoms with Crippen LogP contribution in [0.25, 0.3) is 0 Å². The van der Waals surface area contributed by atoms with Gasteiger partial charge in [-0.25, -0.2) is 0 Å². The van der Waals surface area contributed by atoms with Gasteiger partial charge in [-0.2, -0.15) is 0 Å². The maximum absolute atomic E-state index is 5.68. The van der Waals surface area contributed by atoms with Crippen molar-refractivity contribution in [2.75, 3.05) is 33.8 Å². The summed E-state index contributed by atoms with van der Waals surface area (Å²) < 4.78 is 7.47. The lowest BCUT2D eigenvalue weighted by molar-refractivity contribution is 0.309. The van der Waals surface area contributed by atoms with Gasteiger partial charge in [-0.05, 0) is 71.1 Å². The third-order valence-electron chi connectivity index (χ3n) is 2.22. The molecule has 2 N–H and O–H groups in total. The summed E-state index contributed by atoms with van der Waals surface area (Å²) in [4.78, 5) is 2.03. The molecular weight excluding hydrogens is 372 g/mol. The van der Waals surface area contributed by atoms with Crippen LogP contribution in [0.1, 0.15) is 12.0 Å². The van der Waals surface area contributed by atoms with Gasteiger partial charge in [-0.3, -0.25) is 4.90 Å². The van der Waals surface area contributed by atoms with Crippen LogP contribution in [0.15, 0.2) is 21.1 Å². The molecule has 0 bridgehead atoms. The van der Waals surface area contributed by atoms with Crippen LogP contribution in [0.3, 0.4) is 0 Å². The summed E-state index contributed by atoms with van der Waals surface area (Å²) in [7, 11) is 3.99. The zero-order valence-electron chi connectivity index (χ0n) is 11.2. The van der Waals surface area contributed by atoms with E-state index < -0.39 is 0 Å². The third-order valence-corrected chi connectivity index (χ3v) is 3.40. The summed E-state index contributed by atoms with van der Waals surface area (Å²) in [6.45, 7) is 1.98. The number of ether oxygens (including phenoxy) is 1. The van der Waals surface area contributed by atoms with E-state index in [4.69, 9.17) is 10.5 Å². The van der Waals surface area contributed by atoms with Crippen molar-refractivity contribution in [1.29, 1.82) is 0 Å². The first kappa shape index (κ1) is 16.5. The van der Waals surface area contributed by atoms with Crippen LogP contribution in [0.5, 0.6) is 5.75 Å². The van der Waals surface area contributed by atoms with Crippen molar-refractivity contribution >= 4 is 31.9 Å². The fraction of sp³-hybridized carbons (Fsp3) is 0.429. The Balaban J connectivity index is 2.80. The van der Waals surface area contributed by atoms with Crippen LogP contribution in [-0.2, 0) is 0 Å². The van der Waals surface area contributed by atoms with Gasteiger partial charge in [0.15, 0.2) is 0 Å². The molecule has 1 rings (SSSR count). The fourth-order valence-electron chi connectivity index (χ4n) is 1.33. The summed E-state index contributed by atoms with van der Waals surface area (Å²) in [6.07, 6.45) is 0.837. The lowest BCUT2D eigenvalue weighted by Crippen LogP contribution is -2.10. The zero-order valence-corrected chi connectivity index (χ0v) is 14.3. The molecule has 0 atom stereocenters. The van der Waals surface area contributed by atoms with Crippen molar-refractivity contribution in [3.63, 3.8) is 0 Å². The van der Waals surface area contributed by atoms with E-state index in [2.05, 4.69) is 43.7 Å². The van der Waals surface area contributed by atoms with E-state index in [1.54, 1.807) is 0 Å². The van der Waals surface area contributed by atoms with E-state index in [-0.39, 0.29) is 0 Å². The number of rotatable bonds is 5. The molecular formula is C14H18Br2N2O. The number of hydrogen-bond donors (Lipinski definition) is 1. The lowest BCUT2D eigenvalue weighted by Gasteiger charge is -2.10. The Bertz CT molecular complexity index is 455. The molecule has 0 saturated carbocycles. The minimum Gasteiger partial charge on any atom is -0.491 e. The smallest absolute Gasteiger partial charge is 0.147 e. The molecule has 0 radical (unpaired) electrons. The van der Waals surface area contributed by atoms with Gasteiger partial charge in [0.2, 0.25) is 0 Å². The SMILES string of the molecule is CN(C)CC#Cc1cc(Br)c(OCCCN)c(Br)c1. The lowest BCUT2D eigenvalue weighted by atomic mass is 10.2. The molecule has 1 aromatic rings. The molecule has 0 aliphatic carbocycles. The fourth-order valence-corrected chi connectivity index (χ4v) is 2.74. The van der Waals surface area contributed by atoms with E-state index in [1.165, 1.54) is 0 Å². The monoisotopic (exact) mass is 388 g/mol. The first-order valence-electron chi connectivity index (χ1n) is 6.00. The molecule has 0 spiro atoms. The molecule has 0 aliphatic heterocycles. The molecule has 0 aliphatic rings. The Morgan fingerprint density at radius 1 is 1.26 bits per heavy atom. The van der Waals surface area contributed by atoms with Gasteiger partial charge in [0, 0.05) is 5.56 Å². The van der Waals surface area contributed by atoms with Crippen LogP contribution in [-0.4, -0.2) is 38.7 Å². The van der Waals surface area contributed by atoms with Gasteiger partial charge in [0.25, 0.3) is 0 Å². The Morgan fingerprint density at radius 3 is 2.42 bits per heavy atom. The zero-order chi connectivity index (χ0) is 14.3. The van der Waals surface area contributed by atoms with Crippen molar-refractivity contribution < 1.29 is 4.74 Å². The van der Waals surface area contributed by atoms with Crippen LogP contribution >= 0.6 is 31.9 Å². The van der Waals surface area contributed by atoms with E-state index >= 15 is 0 Å². The maximum Gasteiger partial charge on any atom is 0.147 e. The summed E-state index contributed by atoms with van der Waals surface area (Å²) in [5, 5.41) is 0. The quantitative estimate of drug-likeness (QED) is 0.621. The van der Waals surface area contributed by atoms with Gasteiger partial charge in [0.05, 0.1) is 22.1 Å². The second-order valence-corrected chi connectivity index (χ2v) is 6.01. The Kier molecular flexibility index (Phi) is 7.47. The van der Waals surface area contributed by atoms with Crippen LogP contribution in [0, 0.1) is 11.8 Å². The topological polar surface area (TPSA) is 38.5 Å². The number of halogens is 2. The minimum absolute atomic E-state index is 0.610. The number of hydrogen-bond acceptors (Lipinski definition) is 3. The van der Waals surface area contributed by atoms with Gasteiger partial charge in [-0.15, -0.1) is 0 Å². The second kappa shape index (κ2) is 8.60. The Labute approximate surface area is 131 Å². The highest BCUT2D eigenvalue weighted by Crippen LogP contribution is 2.34. The van der Waals surface area contributed by atoms with Gasteiger partial charge >= 0.3 is 0 Å². The largest absolute Gasteiger partial charge is 0.491 e. The third kappa shape index (κ3) is 5.96. The van der Waals surface area contributed by atoms with Crippen molar-refractivity contribution in [3.8, 4) is 17.6 Å². The highest BCUT2D eigenvalue weighted by Gasteiger charge is 2.08. The Morgan fingerprint density at radius 2 is 1.89 bits per heavy atom. The first-order valence-corrected chi connectivity index (χ1v) is 7.58. The molecule has 0 amide bonds. The summed E-state index contributed by atoms with van der Waals surface area (Å²) >= 11 is 7.01. The average molecular weight is 390 g/mol. The van der Waals surface area contributed by atoms with Gasteiger partial charge < -0.3 is 10.5 Å². The molecule has 104 valence electrons. The van der Waals surface area contributed by atoms with Crippen molar-refractivity contribution in [3.05, 3.63) is 26.6 Å². The van der Waals surface area contributed by atoms with Crippen molar-refractivity contribution in [2.24, 2.45) is 5.73 Å². The predicted octanol–water partition coefficient (Wildman–Crippen LogP) is 2.85. The first-order chi connectivity index (χ1) is 9.04. The van der Waals surface area contributed by atoms with E-state index in [0.717, 1.165) is 33.2 Å². The summed E-state index contributed by atoms with van der Waals surface area (Å²) in [5.41, 5.74) is 6.40. The van der Waals surface area contributed by atoms with E-state index in [1.807, 2.05) is 31.1 Å². The molecule has 0 fully saturated rings. The van der Waals surface area contributed by atoms with Crippen molar-refractivity contribution in [1.82, 2.24) is 4.90 Å². The van der Waals surface area contributed by atoms with Crippen molar-refractivity contribution in [2.45, 2.75) is 6.42 Å². The predicted molar refractivity (Wildman–Crippen MR) is 86.4 cm³/mol. The number of nitrogens with two attached hydrogens (primary N) is 1. The highest BCUT2D eigenvalue weighted by molar-refractivity contribution is 9.11. The summed E-state index contributed by atoms with van der Waals surface area (Å²) in [5.74, 6) is 7.03. The van der Waals surface area contributed by atoms with E-state index in [9.17, 15) is 0 Å². The Hall–Kier alpha value is -0.540. The average Bonchev–Trinajstić information content (AvgIpc) is 2.32. The standard InChI is InChI=1S/C14H18Br2N2O/c1-18(2)7-3-5-11-9-12(15)14(13(16)10-11)19-8-4-6-17/h9-10H,4,6-8,17H2,1-2H3. The minimum atomic E-state index is 0.610. The van der Waals surface area contributed by atoms with Gasteiger partial charge in [0.1, 0.15) is 5.75 Å². The summed E-state index contributed by atoms with van der Waals surface area (Å²) in [6, 6.07) is 3.93. The molecule has 5 heteroatoms. The second-order valence-electron chi connectivity index (χ2n) is 4.30. The highest BCUT2D eigenvalue weighted by atomic mass is 79.9. The molecule has 3 nitrogen and oxygen atoms in total. The molecule has 0 aromatic heterocycles. The van der Waals surface area contributed by atoms with Crippen LogP contribution in [0.4, 0.5) is 0 Å². The van der Waals surface area contributed by atoms with Crippen LogP contribution in [0.2, 0.25) is 0 Å². The number of nitrogens with zero attached hydrogens (tertiary/aromatic N) is 1. The molecule has 0 unspecified atom stereocenters. The van der Waals surface area contributed by atoms with E-state index in [0.29, 0.717) is 13.2 Å². The maximum atomic E-state index is 5.68. The molecule has 1 aromatic carbocycles. The molecule has 0 saturated heterocycles. The van der Waals surface area contributed by atoms with Gasteiger partial charge in [-0.1, -0.05) is 11.8 Å².